The van der Waals surface area contributed by atoms with Crippen LogP contribution in [0.3, 0.4) is 0 Å². The minimum absolute atomic E-state index is 0.512. The lowest BCUT2D eigenvalue weighted by Gasteiger charge is -2.32. The van der Waals surface area contributed by atoms with Crippen molar-refractivity contribution in [2.24, 2.45) is 10.9 Å². The third kappa shape index (κ3) is 5.16. The Morgan fingerprint density at radius 2 is 2.04 bits per heavy atom. The van der Waals surface area contributed by atoms with E-state index in [1.807, 2.05) is 19.2 Å². The van der Waals surface area contributed by atoms with Gasteiger partial charge in [0.1, 0.15) is 11.7 Å². The van der Waals surface area contributed by atoms with E-state index in [9.17, 15) is 0 Å². The molecule has 1 saturated heterocycles. The Morgan fingerprint density at radius 1 is 1.32 bits per heavy atom. The van der Waals surface area contributed by atoms with Crippen LogP contribution in [-0.2, 0) is 6.42 Å². The fourth-order valence-corrected chi connectivity index (χ4v) is 3.47. The molecule has 7 nitrogen and oxygen atoms in total. The summed E-state index contributed by atoms with van der Waals surface area (Å²) in [7, 11) is 3.93. The summed E-state index contributed by atoms with van der Waals surface area (Å²) in [6.07, 6.45) is 8.27. The van der Waals surface area contributed by atoms with Crippen molar-refractivity contribution in [2.45, 2.75) is 39.5 Å². The van der Waals surface area contributed by atoms with Crippen LogP contribution in [0.1, 0.15) is 38.7 Å². The number of aromatic nitrogens is 2. The normalized spacial score (nSPS) is 19.1. The maximum Gasteiger partial charge on any atom is 0.227 e. The number of anilines is 2. The Kier molecular flexibility index (Phi) is 6.78. The molecule has 2 aliphatic rings. The molecule has 1 saturated carbocycles. The van der Waals surface area contributed by atoms with Gasteiger partial charge in [0.05, 0.1) is 0 Å². The topological polar surface area (TPSA) is 80.5 Å². The molecule has 0 spiro atoms. The molecule has 2 heterocycles. The van der Waals surface area contributed by atoms with Crippen LogP contribution in [0, 0.1) is 11.3 Å². The summed E-state index contributed by atoms with van der Waals surface area (Å²) in [4.78, 5) is 18.5. The van der Waals surface area contributed by atoms with Gasteiger partial charge < -0.3 is 20.5 Å². The van der Waals surface area contributed by atoms with E-state index in [4.69, 9.17) is 10.4 Å². The highest BCUT2D eigenvalue weighted by atomic mass is 15.3. The molecule has 2 N–H and O–H groups in total. The van der Waals surface area contributed by atoms with Crippen LogP contribution in [-0.4, -0.2) is 66.7 Å². The van der Waals surface area contributed by atoms with Gasteiger partial charge >= 0.3 is 0 Å². The van der Waals surface area contributed by atoms with Crippen LogP contribution in [0.25, 0.3) is 0 Å². The molecule has 0 amide bonds. The van der Waals surface area contributed by atoms with Crippen LogP contribution in [0.5, 0.6) is 0 Å². The highest BCUT2D eigenvalue weighted by Crippen LogP contribution is 2.37. The van der Waals surface area contributed by atoms with Gasteiger partial charge in [-0.25, -0.2) is 4.98 Å². The number of rotatable bonds is 7. The first-order valence-electron chi connectivity index (χ1n) is 10.3. The number of aryl methyl sites for hydroxylation is 1. The maximum absolute atomic E-state index is 8.08. The number of allylic oxidation sites excluding steroid dienone is 1. The molecule has 0 atom stereocenters. The number of likely N-dealkylation sites (N-methyl/N-ethyl adjacent to an activating group) is 1. The number of nitrogens with zero attached hydrogens (tertiary/aromatic N) is 5. The molecular formula is C21H33N7. The Balaban J connectivity index is 1.84. The van der Waals surface area contributed by atoms with E-state index in [1.54, 1.807) is 7.05 Å². The van der Waals surface area contributed by atoms with Crippen LogP contribution < -0.4 is 10.2 Å². The van der Waals surface area contributed by atoms with Crippen molar-refractivity contribution >= 4 is 23.3 Å². The average Bonchev–Trinajstić information content (AvgIpc) is 3.51. The van der Waals surface area contributed by atoms with Crippen LogP contribution in [0.4, 0.5) is 11.8 Å². The largest absolute Gasteiger partial charge is 0.338 e. The maximum atomic E-state index is 8.08. The van der Waals surface area contributed by atoms with Crippen LogP contribution >= 0.6 is 0 Å². The summed E-state index contributed by atoms with van der Waals surface area (Å²) >= 11 is 0. The zero-order valence-corrected chi connectivity index (χ0v) is 17.6. The van der Waals surface area contributed by atoms with Crippen molar-refractivity contribution in [3.63, 3.8) is 0 Å². The second-order valence-corrected chi connectivity index (χ2v) is 7.82. The van der Waals surface area contributed by atoms with Gasteiger partial charge in [0.25, 0.3) is 0 Å². The molecule has 7 heteroatoms. The van der Waals surface area contributed by atoms with E-state index in [1.165, 1.54) is 12.8 Å². The summed E-state index contributed by atoms with van der Waals surface area (Å²) in [6.45, 7) is 7.95. The molecule has 152 valence electrons. The Morgan fingerprint density at radius 3 is 2.61 bits per heavy atom. The number of amidine groups is 1. The first-order chi connectivity index (χ1) is 13.5. The van der Waals surface area contributed by atoms with Gasteiger partial charge in [0.15, 0.2) is 0 Å². The highest BCUT2D eigenvalue weighted by Gasteiger charge is 2.27. The quantitative estimate of drug-likeness (QED) is 0.559. The minimum Gasteiger partial charge on any atom is -0.338 e. The number of hydrogen-bond donors (Lipinski definition) is 2. The van der Waals surface area contributed by atoms with E-state index in [2.05, 4.69) is 39.1 Å². The smallest absolute Gasteiger partial charge is 0.227 e. The van der Waals surface area contributed by atoms with E-state index < -0.39 is 0 Å². The summed E-state index contributed by atoms with van der Waals surface area (Å²) in [5.41, 5.74) is 2.81. The molecule has 0 unspecified atom stereocenters. The lowest BCUT2D eigenvalue weighted by Crippen LogP contribution is -2.45. The molecule has 28 heavy (non-hydrogen) atoms. The molecule has 0 bridgehead atoms. The number of piperazine rings is 1. The predicted molar refractivity (Wildman–Crippen MR) is 117 cm³/mol. The monoisotopic (exact) mass is 383 g/mol. The van der Waals surface area contributed by atoms with E-state index in [0.29, 0.717) is 11.6 Å². The lowest BCUT2D eigenvalue weighted by molar-refractivity contribution is 0.311. The summed E-state index contributed by atoms with van der Waals surface area (Å²) < 4.78 is 0. The molecular weight excluding hydrogens is 350 g/mol. The van der Waals surface area contributed by atoms with Crippen LogP contribution in [0.2, 0.25) is 0 Å². The summed E-state index contributed by atoms with van der Waals surface area (Å²) in [5.74, 6) is 2.88. The van der Waals surface area contributed by atoms with Crippen molar-refractivity contribution in [3.8, 4) is 0 Å². The summed E-state index contributed by atoms with van der Waals surface area (Å²) in [6, 6.07) is 0. The second-order valence-electron chi connectivity index (χ2n) is 7.82. The third-order valence-electron chi connectivity index (χ3n) is 5.39. The van der Waals surface area contributed by atoms with Gasteiger partial charge in [-0.15, -0.1) is 0 Å². The Bertz CT molecular complexity index is 756. The number of aliphatic imine (C=N–C) groups is 1. The van der Waals surface area contributed by atoms with Crippen molar-refractivity contribution in [3.05, 3.63) is 23.4 Å². The van der Waals surface area contributed by atoms with Gasteiger partial charge in [0.2, 0.25) is 5.95 Å². The van der Waals surface area contributed by atoms with Gasteiger partial charge in [-0.3, -0.25) is 4.99 Å². The highest BCUT2D eigenvalue weighted by molar-refractivity contribution is 6.09. The van der Waals surface area contributed by atoms with Crippen molar-refractivity contribution in [1.29, 1.82) is 5.41 Å². The SMILES string of the molecule is CCCc1cnc(N2CCN(C)CC2)nc1NC(C=C(C(C)=N)C1CC1)=NC. The molecule has 1 aliphatic carbocycles. The van der Waals surface area contributed by atoms with Gasteiger partial charge in [-0.05, 0) is 50.8 Å². The lowest BCUT2D eigenvalue weighted by atomic mass is 10.1. The van der Waals surface area contributed by atoms with Gasteiger partial charge in [-0.1, -0.05) is 13.3 Å². The molecule has 1 aliphatic heterocycles. The predicted octanol–water partition coefficient (Wildman–Crippen LogP) is 3.00. The number of nitrogens with one attached hydrogen (secondary N) is 2. The molecule has 3 rings (SSSR count). The molecule has 2 fully saturated rings. The third-order valence-corrected chi connectivity index (χ3v) is 5.39. The Hall–Kier alpha value is -2.28. The molecule has 1 aromatic heterocycles. The summed E-state index contributed by atoms with van der Waals surface area (Å²) in [5, 5.41) is 11.5. The zero-order chi connectivity index (χ0) is 20.1. The van der Waals surface area contributed by atoms with Crippen LogP contribution in [0.15, 0.2) is 22.8 Å². The second kappa shape index (κ2) is 9.28. The van der Waals surface area contributed by atoms with E-state index in [0.717, 1.165) is 67.8 Å². The molecule has 0 radical (unpaired) electrons. The fourth-order valence-electron chi connectivity index (χ4n) is 3.47. The van der Waals surface area contributed by atoms with Crippen molar-refractivity contribution in [2.75, 3.05) is 50.5 Å². The molecule has 1 aromatic rings. The van der Waals surface area contributed by atoms with E-state index >= 15 is 0 Å². The average molecular weight is 384 g/mol. The molecule has 0 aromatic carbocycles. The van der Waals surface area contributed by atoms with Crippen molar-refractivity contribution < 1.29 is 0 Å². The number of hydrogen-bond acceptors (Lipinski definition) is 6. The van der Waals surface area contributed by atoms with Gasteiger partial charge in [-0.2, -0.15) is 4.98 Å². The fraction of sp³-hybridized carbons (Fsp3) is 0.619. The van der Waals surface area contributed by atoms with Crippen molar-refractivity contribution in [1.82, 2.24) is 14.9 Å². The van der Waals surface area contributed by atoms with Gasteiger partial charge in [0, 0.05) is 50.7 Å². The first kappa shape index (κ1) is 20.5. The standard InChI is InChI=1S/C21H33N7/c1-5-6-17-14-24-21(28-11-9-27(4)10-12-28)26-20(17)25-19(23-3)13-18(15(2)22)16-7-8-16/h13-14,16,22H,5-12H2,1-4H3,(H,23,24,25,26). The first-order valence-corrected chi connectivity index (χ1v) is 10.3. The Labute approximate surface area is 168 Å². The van der Waals surface area contributed by atoms with E-state index in [-0.39, 0.29) is 0 Å². The minimum atomic E-state index is 0.512. The zero-order valence-electron chi connectivity index (χ0n) is 17.6.